The number of aliphatic imine (C=N–C) groups is 1. The Morgan fingerprint density at radius 2 is 2.31 bits per heavy atom. The van der Waals surface area contributed by atoms with Crippen molar-refractivity contribution < 1.29 is 9.53 Å². The van der Waals surface area contributed by atoms with Gasteiger partial charge in [0.15, 0.2) is 5.78 Å². The first-order valence-corrected chi connectivity index (χ1v) is 5.79. The van der Waals surface area contributed by atoms with E-state index < -0.39 is 0 Å². The normalized spacial score (nSPS) is 21.2. The second-order valence-electron chi connectivity index (χ2n) is 4.54. The monoisotopic (exact) mass is 222 g/mol. The van der Waals surface area contributed by atoms with Gasteiger partial charge >= 0.3 is 0 Å². The van der Waals surface area contributed by atoms with Gasteiger partial charge in [-0.1, -0.05) is 13.8 Å². The summed E-state index contributed by atoms with van der Waals surface area (Å²) < 4.78 is 5.28. The first kappa shape index (κ1) is 11.5. The van der Waals surface area contributed by atoms with Crippen molar-refractivity contribution in [2.45, 2.75) is 32.7 Å². The Morgan fingerprint density at radius 3 is 3.06 bits per heavy atom. The summed E-state index contributed by atoms with van der Waals surface area (Å²) in [6, 6.07) is 0.419. The van der Waals surface area contributed by atoms with Gasteiger partial charge in [0.2, 0.25) is 0 Å². The van der Waals surface area contributed by atoms with Crippen molar-refractivity contribution in [3.63, 3.8) is 0 Å². The minimum absolute atomic E-state index is 0.185. The number of hydrogen-bond acceptors (Lipinski definition) is 4. The molecule has 1 N–H and O–H groups in total. The molecule has 2 aliphatic rings. The van der Waals surface area contributed by atoms with Crippen LogP contribution >= 0.6 is 0 Å². The Hall–Kier alpha value is -1.00. The number of carbonyl (C=O) groups excluding carboxylic acids is 1. The summed E-state index contributed by atoms with van der Waals surface area (Å²) in [7, 11) is 0. The molecule has 0 aromatic heterocycles. The highest BCUT2D eigenvalue weighted by atomic mass is 16.5. The van der Waals surface area contributed by atoms with Crippen LogP contribution in [0, 0.1) is 0 Å². The number of carbonyl (C=O) groups is 1. The molecular weight excluding hydrogens is 204 g/mol. The quantitative estimate of drug-likeness (QED) is 0.777. The van der Waals surface area contributed by atoms with E-state index >= 15 is 0 Å². The standard InChI is InChI=1S/C12H18N2O2/c1-8(2)13-6-9-5-12(15)10-7-16-4-3-11(10)14-9/h8,13H,3-7H2,1-2H3. The van der Waals surface area contributed by atoms with Gasteiger partial charge in [-0.3, -0.25) is 9.79 Å². The van der Waals surface area contributed by atoms with Crippen LogP contribution in [0.1, 0.15) is 26.7 Å². The molecule has 0 unspecified atom stereocenters. The Kier molecular flexibility index (Phi) is 3.51. The van der Waals surface area contributed by atoms with Gasteiger partial charge in [0.25, 0.3) is 0 Å². The topological polar surface area (TPSA) is 50.7 Å². The van der Waals surface area contributed by atoms with E-state index in [1.165, 1.54) is 0 Å². The van der Waals surface area contributed by atoms with Gasteiger partial charge in [-0.25, -0.2) is 0 Å². The number of nitrogens with zero attached hydrogens (tertiary/aromatic N) is 1. The van der Waals surface area contributed by atoms with Crippen LogP contribution in [-0.2, 0) is 9.53 Å². The highest BCUT2D eigenvalue weighted by molar-refractivity contribution is 6.13. The highest BCUT2D eigenvalue weighted by Gasteiger charge is 2.25. The Labute approximate surface area is 95.8 Å². The van der Waals surface area contributed by atoms with E-state index in [0.29, 0.717) is 32.2 Å². The van der Waals surface area contributed by atoms with E-state index in [9.17, 15) is 4.79 Å². The molecule has 2 rings (SSSR count). The van der Waals surface area contributed by atoms with Gasteiger partial charge in [0, 0.05) is 30.3 Å². The Morgan fingerprint density at radius 1 is 1.50 bits per heavy atom. The molecule has 4 heteroatoms. The van der Waals surface area contributed by atoms with Crippen LogP contribution in [0.25, 0.3) is 0 Å². The number of rotatable bonds is 3. The lowest BCUT2D eigenvalue weighted by molar-refractivity contribution is -0.115. The predicted octanol–water partition coefficient (Wildman–Crippen LogP) is 1.07. The number of Topliss-reactive ketones (excluding diaryl/α,β-unsaturated/α-hetero) is 1. The molecule has 0 fully saturated rings. The summed E-state index contributed by atoms with van der Waals surface area (Å²) in [6.07, 6.45) is 1.22. The second-order valence-corrected chi connectivity index (χ2v) is 4.54. The van der Waals surface area contributed by atoms with Crippen molar-refractivity contribution in [1.82, 2.24) is 5.32 Å². The van der Waals surface area contributed by atoms with Gasteiger partial charge in [-0.15, -0.1) is 0 Å². The zero-order valence-electron chi connectivity index (χ0n) is 9.88. The number of hydrogen-bond donors (Lipinski definition) is 1. The average Bonchev–Trinajstić information content (AvgIpc) is 2.26. The zero-order chi connectivity index (χ0) is 11.5. The van der Waals surface area contributed by atoms with Crippen molar-refractivity contribution in [2.24, 2.45) is 4.99 Å². The zero-order valence-corrected chi connectivity index (χ0v) is 9.88. The van der Waals surface area contributed by atoms with Crippen LogP contribution in [0.5, 0.6) is 0 Å². The van der Waals surface area contributed by atoms with E-state index in [-0.39, 0.29) is 5.78 Å². The lowest BCUT2D eigenvalue weighted by Gasteiger charge is -2.22. The highest BCUT2D eigenvalue weighted by Crippen LogP contribution is 2.23. The largest absolute Gasteiger partial charge is 0.376 e. The minimum atomic E-state index is 0.185. The number of ether oxygens (including phenoxy) is 1. The van der Waals surface area contributed by atoms with Crippen LogP contribution in [0.4, 0.5) is 0 Å². The summed E-state index contributed by atoms with van der Waals surface area (Å²) >= 11 is 0. The van der Waals surface area contributed by atoms with E-state index in [0.717, 1.165) is 23.4 Å². The predicted molar refractivity (Wildman–Crippen MR) is 62.7 cm³/mol. The molecule has 0 radical (unpaired) electrons. The Bertz CT molecular complexity index is 356. The van der Waals surface area contributed by atoms with Crippen molar-refractivity contribution in [3.8, 4) is 0 Å². The van der Waals surface area contributed by atoms with Gasteiger partial charge in [-0.05, 0) is 0 Å². The fourth-order valence-corrected chi connectivity index (χ4v) is 1.89. The first-order chi connectivity index (χ1) is 7.66. The van der Waals surface area contributed by atoms with E-state index in [2.05, 4.69) is 24.2 Å². The maximum absolute atomic E-state index is 11.8. The number of ketones is 1. The molecule has 0 bridgehead atoms. The first-order valence-electron chi connectivity index (χ1n) is 5.79. The van der Waals surface area contributed by atoms with Crippen LogP contribution in [0.3, 0.4) is 0 Å². The van der Waals surface area contributed by atoms with Crippen LogP contribution in [-0.4, -0.2) is 37.3 Å². The SMILES string of the molecule is CC(C)NCC1=NC2=C(COCC2)C(=O)C1. The molecule has 0 saturated heterocycles. The third-order valence-electron chi connectivity index (χ3n) is 2.79. The molecule has 88 valence electrons. The summed E-state index contributed by atoms with van der Waals surface area (Å²) in [4.78, 5) is 16.4. The van der Waals surface area contributed by atoms with Crippen molar-refractivity contribution in [2.75, 3.05) is 19.8 Å². The summed E-state index contributed by atoms with van der Waals surface area (Å²) in [5.74, 6) is 0.185. The molecule has 0 saturated carbocycles. The Balaban J connectivity index is 2.09. The maximum Gasteiger partial charge on any atom is 0.168 e. The van der Waals surface area contributed by atoms with E-state index in [4.69, 9.17) is 4.74 Å². The van der Waals surface area contributed by atoms with Crippen molar-refractivity contribution in [3.05, 3.63) is 11.3 Å². The van der Waals surface area contributed by atoms with Crippen molar-refractivity contribution >= 4 is 11.5 Å². The van der Waals surface area contributed by atoms with Crippen LogP contribution in [0.15, 0.2) is 16.3 Å². The fraction of sp³-hybridized carbons (Fsp3) is 0.667. The van der Waals surface area contributed by atoms with Gasteiger partial charge in [-0.2, -0.15) is 0 Å². The molecule has 2 heterocycles. The lowest BCUT2D eigenvalue weighted by Crippen LogP contribution is -2.33. The summed E-state index contributed by atoms with van der Waals surface area (Å²) in [5, 5.41) is 3.29. The van der Waals surface area contributed by atoms with Crippen LogP contribution in [0.2, 0.25) is 0 Å². The number of nitrogens with one attached hydrogen (secondary N) is 1. The van der Waals surface area contributed by atoms with E-state index in [1.807, 2.05) is 0 Å². The van der Waals surface area contributed by atoms with E-state index in [1.54, 1.807) is 0 Å². The molecule has 0 aromatic carbocycles. The minimum Gasteiger partial charge on any atom is -0.376 e. The third kappa shape index (κ3) is 2.57. The lowest BCUT2D eigenvalue weighted by atomic mass is 9.98. The van der Waals surface area contributed by atoms with Gasteiger partial charge in [0.05, 0.1) is 25.3 Å². The van der Waals surface area contributed by atoms with Gasteiger partial charge < -0.3 is 10.1 Å². The average molecular weight is 222 g/mol. The third-order valence-corrected chi connectivity index (χ3v) is 2.79. The molecule has 0 spiro atoms. The molecule has 0 aliphatic carbocycles. The molecule has 0 amide bonds. The van der Waals surface area contributed by atoms with Crippen LogP contribution < -0.4 is 5.32 Å². The molecular formula is C12H18N2O2. The molecule has 4 nitrogen and oxygen atoms in total. The smallest absolute Gasteiger partial charge is 0.168 e. The molecule has 16 heavy (non-hydrogen) atoms. The van der Waals surface area contributed by atoms with Crippen molar-refractivity contribution in [1.29, 1.82) is 0 Å². The fourth-order valence-electron chi connectivity index (χ4n) is 1.89. The summed E-state index contributed by atoms with van der Waals surface area (Å²) in [6.45, 7) is 6.01. The van der Waals surface area contributed by atoms with Gasteiger partial charge in [0.1, 0.15) is 0 Å². The second kappa shape index (κ2) is 4.89. The molecule has 0 aromatic rings. The summed E-state index contributed by atoms with van der Waals surface area (Å²) in [5.41, 5.74) is 2.70. The maximum atomic E-state index is 11.8. The molecule has 0 atom stereocenters. The molecule has 2 aliphatic heterocycles.